The summed E-state index contributed by atoms with van der Waals surface area (Å²) in [4.78, 5) is 50.3. The third-order valence-electron chi connectivity index (χ3n) is 5.59. The number of amides is 3. The van der Waals surface area contributed by atoms with Crippen LogP contribution in [-0.2, 0) is 23.9 Å². The first-order valence-corrected chi connectivity index (χ1v) is 10.5. The number of halogens is 4. The molecule has 1 aromatic carbocycles. The number of anilines is 1. The number of hydrogen-bond acceptors (Lipinski definition) is 5. The molecule has 4 rings (SSSR count). The topological polar surface area (TPSA) is 92.8 Å². The molecule has 2 aliphatic carbocycles. The molecule has 0 aromatic heterocycles. The highest BCUT2D eigenvalue weighted by molar-refractivity contribution is 6.50. The van der Waals surface area contributed by atoms with Crippen LogP contribution in [0.2, 0.25) is 20.1 Å². The van der Waals surface area contributed by atoms with E-state index in [2.05, 4.69) is 5.32 Å². The minimum atomic E-state index is -0.881. The van der Waals surface area contributed by atoms with Gasteiger partial charge in [0.15, 0.2) is 6.61 Å². The second kappa shape index (κ2) is 8.04. The van der Waals surface area contributed by atoms with Crippen molar-refractivity contribution in [3.63, 3.8) is 0 Å². The van der Waals surface area contributed by atoms with Crippen LogP contribution in [0.15, 0.2) is 18.2 Å². The lowest BCUT2D eigenvalue weighted by atomic mass is 9.85. The van der Waals surface area contributed by atoms with Gasteiger partial charge in [0.1, 0.15) is 6.54 Å². The number of likely N-dealkylation sites (tertiary alicyclic amines) is 1. The standard InChI is InChI=1S/C19H14Cl4N2O5/c20-9-4-10(21)16(23)17(15(9)22)24-11(26)6-30-12(27)5-25-18(28)13-7-1-2-8(3-7)14(13)19(25)29/h1-2,4,7-8,13-14H,3,5-6H2,(H,24,26)/t7-,8-,13-,14+/m0/s1. The van der Waals surface area contributed by atoms with Gasteiger partial charge in [0.25, 0.3) is 5.91 Å². The van der Waals surface area contributed by atoms with Crippen molar-refractivity contribution in [2.24, 2.45) is 23.7 Å². The molecule has 0 spiro atoms. The van der Waals surface area contributed by atoms with Crippen LogP contribution in [-0.4, -0.2) is 41.7 Å². The van der Waals surface area contributed by atoms with Crippen LogP contribution in [0.5, 0.6) is 0 Å². The largest absolute Gasteiger partial charge is 0.454 e. The molecule has 4 atom stereocenters. The van der Waals surface area contributed by atoms with Crippen molar-refractivity contribution in [3.8, 4) is 0 Å². The number of benzene rings is 1. The average Bonchev–Trinajstić information content (AvgIpc) is 3.38. The zero-order chi connectivity index (χ0) is 21.7. The molecule has 158 valence electrons. The molecule has 0 unspecified atom stereocenters. The maximum absolute atomic E-state index is 12.6. The lowest BCUT2D eigenvalue weighted by Crippen LogP contribution is -2.38. The van der Waals surface area contributed by atoms with E-state index in [9.17, 15) is 19.2 Å². The number of rotatable bonds is 5. The third kappa shape index (κ3) is 3.58. The van der Waals surface area contributed by atoms with Gasteiger partial charge in [-0.1, -0.05) is 58.6 Å². The first-order valence-electron chi connectivity index (χ1n) is 9.01. The molecule has 7 nitrogen and oxygen atoms in total. The molecule has 1 aliphatic heterocycles. The Morgan fingerprint density at radius 2 is 1.53 bits per heavy atom. The zero-order valence-corrected chi connectivity index (χ0v) is 18.2. The molecule has 0 radical (unpaired) electrons. The van der Waals surface area contributed by atoms with Gasteiger partial charge in [-0.3, -0.25) is 24.1 Å². The minimum Gasteiger partial charge on any atom is -0.454 e. The number of hydrogen-bond donors (Lipinski definition) is 1. The van der Waals surface area contributed by atoms with Crippen LogP contribution in [0.1, 0.15) is 6.42 Å². The average molecular weight is 492 g/mol. The SMILES string of the molecule is O=C(COC(=O)CN1C(=O)[C@@H]2[C@H](C1=O)[C@H]1C=C[C@H]2C1)Nc1c(Cl)c(Cl)cc(Cl)c1Cl. The lowest BCUT2D eigenvalue weighted by Gasteiger charge is -2.16. The Hall–Kier alpha value is -1.80. The van der Waals surface area contributed by atoms with E-state index in [1.165, 1.54) is 6.07 Å². The summed E-state index contributed by atoms with van der Waals surface area (Å²) in [5, 5.41) is 2.50. The van der Waals surface area contributed by atoms with Gasteiger partial charge in [0, 0.05) is 0 Å². The maximum atomic E-state index is 12.6. The number of imide groups is 1. The number of nitrogens with zero attached hydrogens (tertiary/aromatic N) is 1. The van der Waals surface area contributed by atoms with Crippen LogP contribution < -0.4 is 5.32 Å². The molecule has 3 amide bonds. The quantitative estimate of drug-likeness (QED) is 0.294. The molecule has 11 heteroatoms. The van der Waals surface area contributed by atoms with Crippen LogP contribution in [0, 0.1) is 23.7 Å². The third-order valence-corrected chi connectivity index (χ3v) is 7.16. The van der Waals surface area contributed by atoms with E-state index in [-0.39, 0.29) is 49.4 Å². The monoisotopic (exact) mass is 490 g/mol. The molecule has 1 aromatic rings. The molecule has 1 heterocycles. The number of nitrogens with one attached hydrogen (secondary N) is 1. The van der Waals surface area contributed by atoms with Gasteiger partial charge in [-0.25, -0.2) is 0 Å². The summed E-state index contributed by atoms with van der Waals surface area (Å²) in [6.07, 6.45) is 4.72. The van der Waals surface area contributed by atoms with E-state index in [0.29, 0.717) is 0 Å². The number of esters is 1. The zero-order valence-electron chi connectivity index (χ0n) is 15.2. The van der Waals surface area contributed by atoms with Gasteiger partial charge < -0.3 is 10.1 Å². The Balaban J connectivity index is 1.33. The van der Waals surface area contributed by atoms with Crippen LogP contribution in [0.4, 0.5) is 5.69 Å². The molecule has 2 fully saturated rings. The molecule has 30 heavy (non-hydrogen) atoms. The Labute approximate surface area is 191 Å². The van der Waals surface area contributed by atoms with Crippen LogP contribution in [0.3, 0.4) is 0 Å². The highest BCUT2D eigenvalue weighted by atomic mass is 35.5. The smallest absolute Gasteiger partial charge is 0.326 e. The van der Waals surface area contributed by atoms with Gasteiger partial charge in [-0.15, -0.1) is 0 Å². The van der Waals surface area contributed by atoms with Crippen molar-refractivity contribution in [2.45, 2.75) is 6.42 Å². The number of fused-ring (bicyclic) bond motifs is 5. The van der Waals surface area contributed by atoms with Crippen molar-refractivity contribution >= 4 is 75.8 Å². The van der Waals surface area contributed by atoms with E-state index in [0.717, 1.165) is 11.3 Å². The number of carbonyl (C=O) groups excluding carboxylic acids is 4. The fraction of sp³-hybridized carbons (Fsp3) is 0.368. The summed E-state index contributed by atoms with van der Waals surface area (Å²) in [6, 6.07) is 1.32. The number of carbonyl (C=O) groups is 4. The van der Waals surface area contributed by atoms with Crippen molar-refractivity contribution in [1.82, 2.24) is 4.90 Å². The first-order chi connectivity index (χ1) is 14.2. The highest BCUT2D eigenvalue weighted by Crippen LogP contribution is 2.52. The van der Waals surface area contributed by atoms with Gasteiger partial charge in [0.2, 0.25) is 11.8 Å². The Kier molecular flexibility index (Phi) is 5.74. The van der Waals surface area contributed by atoms with E-state index < -0.39 is 36.9 Å². The minimum absolute atomic E-state index is 0.0161. The van der Waals surface area contributed by atoms with E-state index in [4.69, 9.17) is 51.1 Å². The number of allylic oxidation sites excluding steroid dienone is 2. The van der Waals surface area contributed by atoms with E-state index >= 15 is 0 Å². The molecule has 2 bridgehead atoms. The van der Waals surface area contributed by atoms with Gasteiger partial charge >= 0.3 is 5.97 Å². The summed E-state index contributed by atoms with van der Waals surface area (Å²) in [7, 11) is 0. The van der Waals surface area contributed by atoms with E-state index in [1.54, 1.807) is 0 Å². The molecule has 3 aliphatic rings. The Morgan fingerprint density at radius 3 is 2.07 bits per heavy atom. The van der Waals surface area contributed by atoms with E-state index in [1.807, 2.05) is 12.2 Å². The van der Waals surface area contributed by atoms with Crippen LogP contribution in [0.25, 0.3) is 0 Å². The predicted octanol–water partition coefficient (Wildman–Crippen LogP) is 3.59. The highest BCUT2D eigenvalue weighted by Gasteiger charge is 2.59. The predicted molar refractivity (Wildman–Crippen MR) is 111 cm³/mol. The van der Waals surface area contributed by atoms with Crippen molar-refractivity contribution < 1.29 is 23.9 Å². The van der Waals surface area contributed by atoms with Gasteiger partial charge in [-0.05, 0) is 24.3 Å². The normalized spacial score (nSPS) is 26.3. The van der Waals surface area contributed by atoms with Crippen LogP contribution >= 0.6 is 46.4 Å². The second-order valence-corrected chi connectivity index (χ2v) is 8.88. The fourth-order valence-corrected chi connectivity index (χ4v) is 5.20. The first kappa shape index (κ1) is 21.4. The molecule has 1 N–H and O–H groups in total. The fourth-order valence-electron chi connectivity index (χ4n) is 4.30. The Morgan fingerprint density at radius 1 is 1.00 bits per heavy atom. The summed E-state index contributed by atoms with van der Waals surface area (Å²) in [5.74, 6) is -3.08. The molecular weight excluding hydrogens is 478 g/mol. The maximum Gasteiger partial charge on any atom is 0.326 e. The van der Waals surface area contributed by atoms with Crippen molar-refractivity contribution in [2.75, 3.05) is 18.5 Å². The second-order valence-electron chi connectivity index (χ2n) is 7.31. The van der Waals surface area contributed by atoms with Gasteiger partial charge in [0.05, 0.1) is 37.6 Å². The molecule has 1 saturated carbocycles. The summed E-state index contributed by atoms with van der Waals surface area (Å²) in [5.41, 5.74) is -0.0161. The number of ether oxygens (including phenoxy) is 1. The molecule has 1 saturated heterocycles. The van der Waals surface area contributed by atoms with Crippen molar-refractivity contribution in [1.29, 1.82) is 0 Å². The molecular formula is C19H14Cl4N2O5. The Bertz CT molecular complexity index is 955. The lowest BCUT2D eigenvalue weighted by molar-refractivity contribution is -0.154. The summed E-state index contributed by atoms with van der Waals surface area (Å²) in [6.45, 7) is -1.21. The summed E-state index contributed by atoms with van der Waals surface area (Å²) < 4.78 is 4.90. The van der Waals surface area contributed by atoms with Gasteiger partial charge in [-0.2, -0.15) is 0 Å². The summed E-state index contributed by atoms with van der Waals surface area (Å²) >= 11 is 23.8. The van der Waals surface area contributed by atoms with Crippen molar-refractivity contribution in [3.05, 3.63) is 38.3 Å².